The van der Waals surface area contributed by atoms with Crippen LogP contribution in [0.4, 0.5) is 0 Å². The second-order valence-electron chi connectivity index (χ2n) is 8.80. The number of hydrogen-bond donors (Lipinski definition) is 0. The summed E-state index contributed by atoms with van der Waals surface area (Å²) in [6.45, 7) is 6.59. The number of para-hydroxylation sites is 1. The van der Waals surface area contributed by atoms with Gasteiger partial charge in [-0.3, -0.25) is 9.59 Å². The monoisotopic (exact) mass is 385 g/mol. The van der Waals surface area contributed by atoms with Crippen LogP contribution in [0, 0.1) is 42.4 Å². The second kappa shape index (κ2) is 5.78. The molecule has 6 atom stereocenters. The number of fused-ring (bicyclic) bond motifs is 1. The summed E-state index contributed by atoms with van der Waals surface area (Å²) in [5, 5.41) is 6.67. The van der Waals surface area contributed by atoms with Crippen molar-refractivity contribution in [3.8, 4) is 0 Å². The molecule has 2 bridgehead atoms. The fourth-order valence-electron chi connectivity index (χ4n) is 6.16. The molecule has 1 aliphatic heterocycles. The first-order valence-electron chi connectivity index (χ1n) is 10.4. The Morgan fingerprint density at radius 2 is 1.76 bits per heavy atom. The molecule has 29 heavy (non-hydrogen) atoms. The van der Waals surface area contributed by atoms with Crippen molar-refractivity contribution in [2.75, 3.05) is 0 Å². The number of rotatable bonds is 4. The number of nitrogens with zero attached hydrogens (tertiary/aromatic N) is 3. The van der Waals surface area contributed by atoms with Gasteiger partial charge in [0.15, 0.2) is 0 Å². The predicted octanol–water partition coefficient (Wildman–Crippen LogP) is 3.52. The summed E-state index contributed by atoms with van der Waals surface area (Å²) in [4.78, 5) is 26.2. The summed E-state index contributed by atoms with van der Waals surface area (Å²) in [6, 6.07) is 8.12. The van der Waals surface area contributed by atoms with Crippen LogP contribution in [-0.4, -0.2) is 27.6 Å². The van der Waals surface area contributed by atoms with Gasteiger partial charge in [-0.25, -0.2) is 0 Å². The van der Waals surface area contributed by atoms with Crippen molar-refractivity contribution in [1.29, 1.82) is 0 Å². The minimum absolute atomic E-state index is 0.117. The largest absolute Gasteiger partial charge is 0.340 e. The van der Waals surface area contributed by atoms with Gasteiger partial charge in [0.05, 0.1) is 18.1 Å². The van der Waals surface area contributed by atoms with Crippen molar-refractivity contribution in [3.63, 3.8) is 0 Å². The minimum Gasteiger partial charge on any atom is -0.340 e. The van der Waals surface area contributed by atoms with Gasteiger partial charge in [-0.15, -0.1) is 6.58 Å². The van der Waals surface area contributed by atoms with E-state index in [9.17, 15) is 9.59 Å². The Balaban J connectivity index is 1.37. The second-order valence-corrected chi connectivity index (χ2v) is 8.80. The van der Waals surface area contributed by atoms with E-state index in [2.05, 4.69) is 34.5 Å². The highest BCUT2D eigenvalue weighted by Crippen LogP contribution is 2.65. The Morgan fingerprint density at radius 3 is 2.41 bits per heavy atom. The lowest BCUT2D eigenvalue weighted by atomic mass is 9.63. The molecule has 5 aliphatic rings. The van der Waals surface area contributed by atoms with Crippen molar-refractivity contribution in [2.24, 2.45) is 40.6 Å². The summed E-state index contributed by atoms with van der Waals surface area (Å²) >= 11 is 0. The SMILES string of the molecule is C=CCn1c(C)c(C=NN2C(=O)C3C4C=CC(C5CC45)C3C2=O)c2ccccc21. The van der Waals surface area contributed by atoms with E-state index in [1.165, 1.54) is 6.42 Å². The summed E-state index contributed by atoms with van der Waals surface area (Å²) in [5.41, 5.74) is 3.10. The molecule has 1 aromatic heterocycles. The molecule has 6 unspecified atom stereocenters. The quantitative estimate of drug-likeness (QED) is 0.459. The van der Waals surface area contributed by atoms with Crippen LogP contribution in [0.15, 0.2) is 54.2 Å². The lowest BCUT2D eigenvalue weighted by molar-refractivity contribution is -0.140. The van der Waals surface area contributed by atoms with Crippen LogP contribution >= 0.6 is 0 Å². The van der Waals surface area contributed by atoms with Crippen LogP contribution in [-0.2, 0) is 16.1 Å². The molecule has 0 radical (unpaired) electrons. The third-order valence-corrected chi connectivity index (χ3v) is 7.53. The van der Waals surface area contributed by atoms with Crippen molar-refractivity contribution in [1.82, 2.24) is 9.58 Å². The van der Waals surface area contributed by atoms with E-state index in [0.29, 0.717) is 18.4 Å². The molecule has 4 aliphatic carbocycles. The van der Waals surface area contributed by atoms with Gasteiger partial charge in [0.25, 0.3) is 11.8 Å². The standard InChI is InChI=1S/C24H23N3O2/c1-3-10-26-13(2)19(14-6-4-5-7-20(14)26)12-25-27-23(28)21-15-8-9-16(18-11-17(15)18)22(21)24(27)29/h3-9,12,15-18,21-22H,1,10-11H2,2H3. The Hall–Kier alpha value is -2.95. The predicted molar refractivity (Wildman–Crippen MR) is 111 cm³/mol. The van der Waals surface area contributed by atoms with E-state index < -0.39 is 0 Å². The van der Waals surface area contributed by atoms with E-state index in [4.69, 9.17) is 0 Å². The Morgan fingerprint density at radius 1 is 1.10 bits per heavy atom. The van der Waals surface area contributed by atoms with Crippen LogP contribution in [0.2, 0.25) is 0 Å². The number of hydrogen-bond acceptors (Lipinski definition) is 3. The molecule has 0 N–H and O–H groups in total. The molecule has 0 spiro atoms. The highest BCUT2D eigenvalue weighted by Gasteiger charge is 2.67. The average molecular weight is 385 g/mol. The van der Waals surface area contributed by atoms with Crippen LogP contribution < -0.4 is 0 Å². The topological polar surface area (TPSA) is 54.7 Å². The number of aromatic nitrogens is 1. The molecule has 2 aromatic rings. The Kier molecular flexibility index (Phi) is 3.38. The molecular weight excluding hydrogens is 362 g/mol. The summed E-state index contributed by atoms with van der Waals surface area (Å²) in [5.74, 6) is 1.01. The van der Waals surface area contributed by atoms with Gasteiger partial charge >= 0.3 is 0 Å². The van der Waals surface area contributed by atoms with Crippen LogP contribution in [0.5, 0.6) is 0 Å². The first kappa shape index (κ1) is 17.0. The van der Waals surface area contributed by atoms with Crippen molar-refractivity contribution in [2.45, 2.75) is 19.9 Å². The summed E-state index contributed by atoms with van der Waals surface area (Å²) < 4.78 is 2.18. The van der Waals surface area contributed by atoms with E-state index in [-0.39, 0.29) is 35.5 Å². The maximum Gasteiger partial charge on any atom is 0.254 e. The number of carbonyl (C=O) groups is 2. The third kappa shape index (κ3) is 2.13. The number of imide groups is 1. The van der Waals surface area contributed by atoms with Gasteiger partial charge in [0.2, 0.25) is 0 Å². The van der Waals surface area contributed by atoms with Crippen LogP contribution in [0.3, 0.4) is 0 Å². The first-order valence-corrected chi connectivity index (χ1v) is 10.4. The van der Waals surface area contributed by atoms with E-state index in [1.807, 2.05) is 31.2 Å². The molecule has 5 heteroatoms. The average Bonchev–Trinajstić information content (AvgIpc) is 3.47. The summed E-state index contributed by atoms with van der Waals surface area (Å²) in [7, 11) is 0. The third-order valence-electron chi connectivity index (χ3n) is 7.53. The molecule has 2 saturated carbocycles. The highest BCUT2D eigenvalue weighted by atomic mass is 16.2. The maximum atomic E-state index is 13.1. The molecule has 1 aromatic carbocycles. The number of allylic oxidation sites excluding steroid dienone is 3. The molecule has 1 saturated heterocycles. The van der Waals surface area contributed by atoms with Crippen molar-refractivity contribution >= 4 is 28.9 Å². The van der Waals surface area contributed by atoms with Gasteiger partial charge in [-0.1, -0.05) is 36.4 Å². The molecule has 5 nitrogen and oxygen atoms in total. The minimum atomic E-state index is -0.207. The van der Waals surface area contributed by atoms with E-state index in [0.717, 1.165) is 27.2 Å². The lowest BCUT2D eigenvalue weighted by Gasteiger charge is -2.37. The molecule has 2 heterocycles. The lowest BCUT2D eigenvalue weighted by Crippen LogP contribution is -2.40. The fraction of sp³-hybridized carbons (Fsp3) is 0.375. The molecule has 7 rings (SSSR count). The molecule has 3 fully saturated rings. The van der Waals surface area contributed by atoms with Crippen molar-refractivity contribution in [3.05, 3.63) is 60.3 Å². The normalized spacial score (nSPS) is 34.3. The maximum absolute atomic E-state index is 13.1. The smallest absolute Gasteiger partial charge is 0.254 e. The zero-order valence-corrected chi connectivity index (χ0v) is 16.4. The summed E-state index contributed by atoms with van der Waals surface area (Å²) in [6.07, 6.45) is 9.10. The Labute approximate surface area is 169 Å². The fourth-order valence-corrected chi connectivity index (χ4v) is 6.16. The van der Waals surface area contributed by atoms with Gasteiger partial charge in [0, 0.05) is 28.7 Å². The van der Waals surface area contributed by atoms with Crippen LogP contribution in [0.25, 0.3) is 10.9 Å². The first-order chi connectivity index (χ1) is 14.1. The zero-order valence-electron chi connectivity index (χ0n) is 16.4. The van der Waals surface area contributed by atoms with Crippen molar-refractivity contribution < 1.29 is 9.59 Å². The number of hydrazone groups is 1. The van der Waals surface area contributed by atoms with Gasteiger partial charge < -0.3 is 4.57 Å². The molecule has 146 valence electrons. The zero-order chi connectivity index (χ0) is 19.9. The molecule has 2 amide bonds. The van der Waals surface area contributed by atoms with E-state index in [1.54, 1.807) is 6.21 Å². The van der Waals surface area contributed by atoms with E-state index >= 15 is 0 Å². The highest BCUT2D eigenvalue weighted by molar-refractivity contribution is 6.08. The Bertz CT molecular complexity index is 1100. The molecular formula is C24H23N3O2. The van der Waals surface area contributed by atoms with Gasteiger partial charge in [-0.05, 0) is 43.1 Å². The number of benzene rings is 1. The number of amides is 2. The number of carbonyl (C=O) groups excluding carboxylic acids is 2. The van der Waals surface area contributed by atoms with Gasteiger partial charge in [-0.2, -0.15) is 10.1 Å². The van der Waals surface area contributed by atoms with Crippen LogP contribution in [0.1, 0.15) is 17.7 Å². The van der Waals surface area contributed by atoms with Gasteiger partial charge in [0.1, 0.15) is 0 Å².